The molecule has 5 heteroatoms. The molecule has 2 heterocycles. The zero-order valence-corrected chi connectivity index (χ0v) is 11.8. The molecule has 5 nitrogen and oxygen atoms in total. The van der Waals surface area contributed by atoms with Crippen LogP contribution in [0.2, 0.25) is 0 Å². The van der Waals surface area contributed by atoms with Crippen molar-refractivity contribution in [1.29, 1.82) is 0 Å². The molecule has 0 aliphatic rings. The minimum Gasteiger partial charge on any atom is -0.481 e. The van der Waals surface area contributed by atoms with E-state index in [4.69, 9.17) is 5.11 Å². The van der Waals surface area contributed by atoms with Gasteiger partial charge in [-0.2, -0.15) is 0 Å². The number of nitrogens with zero attached hydrogens (tertiary/aromatic N) is 3. The lowest BCUT2D eigenvalue weighted by Crippen LogP contribution is -2.03. The van der Waals surface area contributed by atoms with Crippen LogP contribution in [0, 0.1) is 6.92 Å². The van der Waals surface area contributed by atoms with Crippen LogP contribution >= 0.6 is 0 Å². The van der Waals surface area contributed by atoms with E-state index in [2.05, 4.69) is 23.8 Å². The maximum atomic E-state index is 11.0. The number of hydrogen-bond acceptors (Lipinski definition) is 3. The predicted octanol–water partition coefficient (Wildman–Crippen LogP) is 2.51. The zero-order chi connectivity index (χ0) is 14.2. The summed E-state index contributed by atoms with van der Waals surface area (Å²) < 4.78 is 2.03. The second-order valence-corrected chi connectivity index (χ2v) is 5.00. The van der Waals surface area contributed by atoms with Gasteiger partial charge in [-0.25, -0.2) is 9.97 Å². The molecule has 2 rings (SSSR count). The summed E-state index contributed by atoms with van der Waals surface area (Å²) in [5.74, 6) is -0.0337. The smallest absolute Gasteiger partial charge is 0.307 e. The molecule has 0 spiro atoms. The van der Waals surface area contributed by atoms with E-state index in [0.29, 0.717) is 0 Å². The molecule has 0 fully saturated rings. The standard InChI is InChI=1S/C14H19N3O2/c1-5-11-15-9(4)13-10(6-12(18)19)7-17(8(2)3)14(13)16-11/h7-8H,5-6H2,1-4H3,(H,18,19). The summed E-state index contributed by atoms with van der Waals surface area (Å²) in [6.07, 6.45) is 2.67. The molecule has 1 N–H and O–H groups in total. The van der Waals surface area contributed by atoms with Crippen LogP contribution in [0.3, 0.4) is 0 Å². The number of rotatable bonds is 4. The van der Waals surface area contributed by atoms with E-state index >= 15 is 0 Å². The Morgan fingerprint density at radius 1 is 1.42 bits per heavy atom. The van der Waals surface area contributed by atoms with Crippen LogP contribution in [-0.2, 0) is 17.6 Å². The van der Waals surface area contributed by atoms with Crippen molar-refractivity contribution in [2.24, 2.45) is 0 Å². The summed E-state index contributed by atoms with van der Waals surface area (Å²) in [5.41, 5.74) is 2.49. The maximum absolute atomic E-state index is 11.0. The van der Waals surface area contributed by atoms with Crippen molar-refractivity contribution in [3.63, 3.8) is 0 Å². The second-order valence-electron chi connectivity index (χ2n) is 5.00. The number of carbonyl (C=O) groups is 1. The fraction of sp³-hybridized carbons (Fsp3) is 0.500. The first-order valence-electron chi connectivity index (χ1n) is 6.52. The van der Waals surface area contributed by atoms with Crippen molar-refractivity contribution in [2.45, 2.75) is 46.6 Å². The van der Waals surface area contributed by atoms with Crippen molar-refractivity contribution in [3.8, 4) is 0 Å². The summed E-state index contributed by atoms with van der Waals surface area (Å²) in [4.78, 5) is 20.0. The molecular weight excluding hydrogens is 242 g/mol. The second kappa shape index (κ2) is 4.99. The van der Waals surface area contributed by atoms with Gasteiger partial charge in [0.05, 0.1) is 12.1 Å². The van der Waals surface area contributed by atoms with Gasteiger partial charge in [-0.3, -0.25) is 4.79 Å². The number of carboxylic acid groups (broad SMARTS) is 1. The Kier molecular flexibility index (Phi) is 3.55. The van der Waals surface area contributed by atoms with Crippen molar-refractivity contribution in [2.75, 3.05) is 0 Å². The van der Waals surface area contributed by atoms with Crippen LogP contribution in [0.15, 0.2) is 6.20 Å². The fourth-order valence-electron chi connectivity index (χ4n) is 2.32. The van der Waals surface area contributed by atoms with Crippen LogP contribution in [0.4, 0.5) is 0 Å². The van der Waals surface area contributed by atoms with E-state index < -0.39 is 5.97 Å². The van der Waals surface area contributed by atoms with Gasteiger partial charge in [-0.15, -0.1) is 0 Å². The monoisotopic (exact) mass is 261 g/mol. The molecule has 0 aliphatic heterocycles. The van der Waals surface area contributed by atoms with Gasteiger partial charge in [0, 0.05) is 24.0 Å². The molecule has 0 aliphatic carbocycles. The number of carboxylic acids is 1. The number of aryl methyl sites for hydroxylation is 2. The largest absolute Gasteiger partial charge is 0.481 e. The van der Waals surface area contributed by atoms with Crippen LogP contribution in [-0.4, -0.2) is 25.6 Å². The average molecular weight is 261 g/mol. The fourth-order valence-corrected chi connectivity index (χ4v) is 2.32. The number of aromatic nitrogens is 3. The van der Waals surface area contributed by atoms with Crippen LogP contribution < -0.4 is 0 Å². The Bertz CT molecular complexity index is 629. The summed E-state index contributed by atoms with van der Waals surface area (Å²) >= 11 is 0. The molecule has 0 unspecified atom stereocenters. The van der Waals surface area contributed by atoms with Crippen molar-refractivity contribution >= 4 is 17.0 Å². The zero-order valence-electron chi connectivity index (χ0n) is 11.8. The third-order valence-electron chi connectivity index (χ3n) is 3.19. The Balaban J connectivity index is 2.74. The quantitative estimate of drug-likeness (QED) is 0.918. The Hall–Kier alpha value is -1.91. The molecule has 0 amide bonds. The van der Waals surface area contributed by atoms with Crippen LogP contribution in [0.1, 0.15) is 43.9 Å². The van der Waals surface area contributed by atoms with Gasteiger partial charge in [0.25, 0.3) is 0 Å². The molecule has 19 heavy (non-hydrogen) atoms. The lowest BCUT2D eigenvalue weighted by molar-refractivity contribution is -0.136. The normalized spacial score (nSPS) is 11.4. The van der Waals surface area contributed by atoms with E-state index in [-0.39, 0.29) is 12.5 Å². The van der Waals surface area contributed by atoms with Crippen molar-refractivity contribution < 1.29 is 9.90 Å². The van der Waals surface area contributed by atoms with Gasteiger partial charge in [-0.1, -0.05) is 6.92 Å². The van der Waals surface area contributed by atoms with Gasteiger partial charge in [-0.05, 0) is 26.3 Å². The Morgan fingerprint density at radius 2 is 2.11 bits per heavy atom. The molecule has 2 aromatic heterocycles. The van der Waals surface area contributed by atoms with Crippen molar-refractivity contribution in [3.05, 3.63) is 23.3 Å². The summed E-state index contributed by atoms with van der Waals surface area (Å²) in [7, 11) is 0. The lowest BCUT2D eigenvalue weighted by atomic mass is 10.1. The first-order chi connectivity index (χ1) is 8.93. The van der Waals surface area contributed by atoms with Gasteiger partial charge in [0.2, 0.25) is 0 Å². The summed E-state index contributed by atoms with van der Waals surface area (Å²) in [6, 6.07) is 0.240. The topological polar surface area (TPSA) is 68.0 Å². The molecular formula is C14H19N3O2. The molecule has 0 saturated heterocycles. The first kappa shape index (κ1) is 13.5. The molecule has 0 aromatic carbocycles. The minimum absolute atomic E-state index is 0.00584. The van der Waals surface area contributed by atoms with Gasteiger partial charge in [0.1, 0.15) is 11.5 Å². The average Bonchev–Trinajstić information content (AvgIpc) is 2.67. The lowest BCUT2D eigenvalue weighted by Gasteiger charge is -2.09. The van der Waals surface area contributed by atoms with Gasteiger partial charge in [0.15, 0.2) is 0 Å². The van der Waals surface area contributed by atoms with Crippen LogP contribution in [0.5, 0.6) is 0 Å². The van der Waals surface area contributed by atoms with E-state index in [1.165, 1.54) is 0 Å². The van der Waals surface area contributed by atoms with E-state index in [0.717, 1.165) is 34.5 Å². The number of fused-ring (bicyclic) bond motifs is 1. The Labute approximate surface area is 112 Å². The highest BCUT2D eigenvalue weighted by Gasteiger charge is 2.17. The maximum Gasteiger partial charge on any atom is 0.307 e. The van der Waals surface area contributed by atoms with Crippen molar-refractivity contribution in [1.82, 2.24) is 14.5 Å². The highest BCUT2D eigenvalue weighted by Crippen LogP contribution is 2.26. The first-order valence-corrected chi connectivity index (χ1v) is 6.52. The van der Waals surface area contributed by atoms with E-state index in [1.54, 1.807) is 0 Å². The number of aliphatic carboxylic acids is 1. The third kappa shape index (κ3) is 2.45. The van der Waals surface area contributed by atoms with Crippen LogP contribution in [0.25, 0.3) is 11.0 Å². The predicted molar refractivity (Wildman–Crippen MR) is 73.4 cm³/mol. The summed E-state index contributed by atoms with van der Waals surface area (Å²) in [6.45, 7) is 8.06. The molecule has 0 radical (unpaired) electrons. The third-order valence-corrected chi connectivity index (χ3v) is 3.19. The SMILES string of the molecule is CCc1nc(C)c2c(CC(=O)O)cn(C(C)C)c2n1. The van der Waals surface area contributed by atoms with Gasteiger partial charge >= 0.3 is 5.97 Å². The highest BCUT2D eigenvalue weighted by molar-refractivity contribution is 5.87. The van der Waals surface area contributed by atoms with Gasteiger partial charge < -0.3 is 9.67 Å². The molecule has 0 bridgehead atoms. The number of hydrogen-bond donors (Lipinski definition) is 1. The highest BCUT2D eigenvalue weighted by atomic mass is 16.4. The summed E-state index contributed by atoms with van der Waals surface area (Å²) in [5, 5.41) is 9.90. The molecule has 0 atom stereocenters. The molecule has 2 aromatic rings. The molecule has 0 saturated carbocycles. The minimum atomic E-state index is -0.832. The Morgan fingerprint density at radius 3 is 2.63 bits per heavy atom. The van der Waals surface area contributed by atoms with E-state index in [9.17, 15) is 4.79 Å². The molecule has 102 valence electrons. The van der Waals surface area contributed by atoms with E-state index in [1.807, 2.05) is 24.6 Å².